The van der Waals surface area contributed by atoms with Gasteiger partial charge in [-0.2, -0.15) is 0 Å². The van der Waals surface area contributed by atoms with Gasteiger partial charge in [0.05, 0.1) is 18.4 Å². The summed E-state index contributed by atoms with van der Waals surface area (Å²) in [5, 5.41) is 13.8. The SMILES string of the molecule is CC(C)(C)[C@H]1CCc2c(sc(N=Cc3cc(Br)ccc3O)c2C(=O)NCc2ccco2)C1. The molecule has 0 unspecified atom stereocenters. The summed E-state index contributed by atoms with van der Waals surface area (Å²) < 4.78 is 6.20. The number of hydrogen-bond acceptors (Lipinski definition) is 5. The Labute approximate surface area is 200 Å². The van der Waals surface area contributed by atoms with Gasteiger partial charge in [-0.15, -0.1) is 11.3 Å². The molecule has 0 saturated heterocycles. The molecular formula is C25H27BrN2O3S. The summed E-state index contributed by atoms with van der Waals surface area (Å²) in [6.07, 6.45) is 6.11. The Morgan fingerprint density at radius 3 is 2.91 bits per heavy atom. The van der Waals surface area contributed by atoms with Crippen LogP contribution in [0.15, 0.2) is 50.5 Å². The van der Waals surface area contributed by atoms with Crippen molar-refractivity contribution in [3.8, 4) is 5.75 Å². The zero-order valence-electron chi connectivity index (χ0n) is 18.4. The van der Waals surface area contributed by atoms with Gasteiger partial charge in [0.15, 0.2) is 0 Å². The molecule has 2 heterocycles. The van der Waals surface area contributed by atoms with Crippen LogP contribution in [0.5, 0.6) is 5.75 Å². The van der Waals surface area contributed by atoms with Crippen LogP contribution in [0.3, 0.4) is 0 Å². The van der Waals surface area contributed by atoms with Crippen molar-refractivity contribution in [1.82, 2.24) is 5.32 Å². The fraction of sp³-hybridized carbons (Fsp3) is 0.360. The Kier molecular flexibility index (Phi) is 6.58. The number of phenols is 1. The number of rotatable bonds is 5. The molecule has 0 bridgehead atoms. The molecule has 0 radical (unpaired) electrons. The van der Waals surface area contributed by atoms with Gasteiger partial charge in [-0.1, -0.05) is 36.7 Å². The fourth-order valence-corrected chi connectivity index (χ4v) is 5.71. The van der Waals surface area contributed by atoms with Crippen molar-refractivity contribution in [2.24, 2.45) is 16.3 Å². The first kappa shape index (κ1) is 22.8. The average molecular weight is 515 g/mol. The standard InChI is InChI=1S/C25H27BrN2O3S/c1-25(2,3)16-6-8-19-21(12-16)32-24(28-13-15-11-17(26)7-9-20(15)29)22(19)23(30)27-14-18-5-4-10-31-18/h4-5,7,9-11,13,16,29H,6,8,12,14H2,1-3H3,(H,27,30)/t16-/m0/s1. The van der Waals surface area contributed by atoms with E-state index in [-0.39, 0.29) is 17.1 Å². The van der Waals surface area contributed by atoms with Crippen LogP contribution in [0, 0.1) is 11.3 Å². The lowest BCUT2D eigenvalue weighted by molar-refractivity contribution is 0.0947. The molecule has 1 aliphatic carbocycles. The third-order valence-corrected chi connectivity index (χ3v) is 7.67. The summed E-state index contributed by atoms with van der Waals surface area (Å²) in [6, 6.07) is 8.85. The van der Waals surface area contributed by atoms with Gasteiger partial charge in [-0.25, -0.2) is 4.99 Å². The minimum absolute atomic E-state index is 0.140. The van der Waals surface area contributed by atoms with E-state index in [9.17, 15) is 9.90 Å². The maximum atomic E-state index is 13.2. The maximum Gasteiger partial charge on any atom is 0.255 e. The van der Waals surface area contributed by atoms with Crippen molar-refractivity contribution in [3.63, 3.8) is 0 Å². The van der Waals surface area contributed by atoms with Gasteiger partial charge in [-0.3, -0.25) is 4.79 Å². The van der Waals surface area contributed by atoms with E-state index >= 15 is 0 Å². The largest absolute Gasteiger partial charge is 0.507 e. The second-order valence-electron chi connectivity index (χ2n) is 9.21. The number of carbonyl (C=O) groups is 1. The fourth-order valence-electron chi connectivity index (χ4n) is 4.06. The van der Waals surface area contributed by atoms with E-state index in [1.165, 1.54) is 4.88 Å². The van der Waals surface area contributed by atoms with E-state index < -0.39 is 0 Å². The van der Waals surface area contributed by atoms with Gasteiger partial charge in [0.1, 0.15) is 16.5 Å². The van der Waals surface area contributed by atoms with Crippen LogP contribution in [0.25, 0.3) is 0 Å². The number of furan rings is 1. The number of amides is 1. The number of nitrogens with zero attached hydrogens (tertiary/aromatic N) is 1. The van der Waals surface area contributed by atoms with Crippen LogP contribution in [-0.2, 0) is 19.4 Å². The van der Waals surface area contributed by atoms with Crippen LogP contribution >= 0.6 is 27.3 Å². The number of nitrogens with one attached hydrogen (secondary N) is 1. The van der Waals surface area contributed by atoms with Gasteiger partial charge in [0.25, 0.3) is 5.91 Å². The predicted octanol–water partition coefficient (Wildman–Crippen LogP) is 6.64. The van der Waals surface area contributed by atoms with Crippen molar-refractivity contribution < 1.29 is 14.3 Å². The predicted molar refractivity (Wildman–Crippen MR) is 132 cm³/mol. The van der Waals surface area contributed by atoms with E-state index in [1.54, 1.807) is 48.1 Å². The molecule has 5 nitrogen and oxygen atoms in total. The molecule has 1 aromatic carbocycles. The zero-order valence-corrected chi connectivity index (χ0v) is 20.8. The van der Waals surface area contributed by atoms with E-state index in [1.807, 2.05) is 6.07 Å². The number of aliphatic imine (C=N–C) groups is 1. The quantitative estimate of drug-likeness (QED) is 0.374. The molecule has 168 valence electrons. The van der Waals surface area contributed by atoms with Crippen molar-refractivity contribution >= 4 is 44.4 Å². The molecule has 0 spiro atoms. The van der Waals surface area contributed by atoms with Crippen LogP contribution < -0.4 is 5.32 Å². The van der Waals surface area contributed by atoms with Crippen molar-refractivity contribution in [2.75, 3.05) is 0 Å². The number of thiophene rings is 1. The average Bonchev–Trinajstić information content (AvgIpc) is 3.39. The normalized spacial score (nSPS) is 16.3. The number of aromatic hydroxyl groups is 1. The van der Waals surface area contributed by atoms with Gasteiger partial charge in [0, 0.05) is 21.1 Å². The topological polar surface area (TPSA) is 74.8 Å². The second-order valence-corrected chi connectivity index (χ2v) is 11.2. The molecule has 3 aromatic rings. The van der Waals surface area contributed by atoms with E-state index in [2.05, 4.69) is 47.0 Å². The minimum atomic E-state index is -0.140. The molecule has 0 saturated carbocycles. The molecule has 2 aromatic heterocycles. The molecule has 0 fully saturated rings. The molecular weight excluding hydrogens is 488 g/mol. The number of benzene rings is 1. The minimum Gasteiger partial charge on any atom is -0.507 e. The summed E-state index contributed by atoms with van der Waals surface area (Å²) in [7, 11) is 0. The highest BCUT2D eigenvalue weighted by Gasteiger charge is 2.33. The summed E-state index contributed by atoms with van der Waals surface area (Å²) >= 11 is 5.02. The van der Waals surface area contributed by atoms with Gasteiger partial charge in [0.2, 0.25) is 0 Å². The molecule has 1 amide bonds. The highest BCUT2D eigenvalue weighted by Crippen LogP contribution is 2.45. The number of carbonyl (C=O) groups excluding carboxylic acids is 1. The Morgan fingerprint density at radius 2 is 2.19 bits per heavy atom. The molecule has 1 aliphatic rings. The number of fused-ring (bicyclic) bond motifs is 1. The lowest BCUT2D eigenvalue weighted by atomic mass is 9.72. The van der Waals surface area contributed by atoms with Gasteiger partial charge >= 0.3 is 0 Å². The molecule has 1 atom stereocenters. The van der Waals surface area contributed by atoms with Crippen LogP contribution in [0.4, 0.5) is 5.00 Å². The third kappa shape index (κ3) is 4.99. The summed E-state index contributed by atoms with van der Waals surface area (Å²) in [6.45, 7) is 7.17. The Bertz CT molecular complexity index is 1140. The summed E-state index contributed by atoms with van der Waals surface area (Å²) in [4.78, 5) is 19.1. The summed E-state index contributed by atoms with van der Waals surface area (Å²) in [5.41, 5.74) is 2.57. The van der Waals surface area contributed by atoms with Crippen molar-refractivity contribution in [1.29, 1.82) is 0 Å². The highest BCUT2D eigenvalue weighted by atomic mass is 79.9. The summed E-state index contributed by atoms with van der Waals surface area (Å²) in [5.74, 6) is 1.28. The van der Waals surface area contributed by atoms with E-state index in [0.717, 1.165) is 29.3 Å². The molecule has 4 rings (SSSR count). The monoisotopic (exact) mass is 514 g/mol. The first-order chi connectivity index (χ1) is 15.2. The van der Waals surface area contributed by atoms with Crippen LogP contribution in [0.2, 0.25) is 0 Å². The van der Waals surface area contributed by atoms with E-state index in [4.69, 9.17) is 4.42 Å². The number of hydrogen-bond donors (Lipinski definition) is 2. The first-order valence-corrected chi connectivity index (χ1v) is 12.3. The van der Waals surface area contributed by atoms with E-state index in [0.29, 0.717) is 34.4 Å². The third-order valence-electron chi connectivity index (χ3n) is 6.01. The van der Waals surface area contributed by atoms with Crippen molar-refractivity contribution in [3.05, 3.63) is 68.4 Å². The Morgan fingerprint density at radius 1 is 1.38 bits per heavy atom. The number of halogens is 1. The van der Waals surface area contributed by atoms with Crippen LogP contribution in [0.1, 0.15) is 59.3 Å². The number of phenolic OH excluding ortho intramolecular Hbond substituents is 1. The molecule has 32 heavy (non-hydrogen) atoms. The Hall–Kier alpha value is -2.38. The van der Waals surface area contributed by atoms with Gasteiger partial charge in [-0.05, 0) is 66.5 Å². The molecule has 2 N–H and O–H groups in total. The first-order valence-electron chi connectivity index (χ1n) is 10.7. The Balaban J connectivity index is 1.67. The molecule has 0 aliphatic heterocycles. The van der Waals surface area contributed by atoms with Gasteiger partial charge < -0.3 is 14.8 Å². The zero-order chi connectivity index (χ0) is 22.9. The lowest BCUT2D eigenvalue weighted by Gasteiger charge is -2.33. The lowest BCUT2D eigenvalue weighted by Crippen LogP contribution is -2.28. The second kappa shape index (κ2) is 9.24. The molecule has 7 heteroatoms. The smallest absolute Gasteiger partial charge is 0.255 e. The van der Waals surface area contributed by atoms with Crippen molar-refractivity contribution in [2.45, 2.75) is 46.6 Å². The van der Waals surface area contributed by atoms with Crippen LogP contribution in [-0.4, -0.2) is 17.2 Å². The highest BCUT2D eigenvalue weighted by molar-refractivity contribution is 9.10. The maximum absolute atomic E-state index is 13.2.